The fraction of sp³-hybridized carbons (Fsp3) is 0.889. The molecule has 0 aliphatic heterocycles. The van der Waals surface area contributed by atoms with E-state index in [1.807, 2.05) is 7.05 Å². The summed E-state index contributed by atoms with van der Waals surface area (Å²) in [6.07, 6.45) is 1.08. The summed E-state index contributed by atoms with van der Waals surface area (Å²) in [6.45, 7) is 4.26. The number of hydrogen-bond donors (Lipinski definition) is 1. The first-order chi connectivity index (χ1) is 6.15. The lowest BCUT2D eigenvalue weighted by Crippen LogP contribution is -2.33. The summed E-state index contributed by atoms with van der Waals surface area (Å²) in [5.41, 5.74) is 0. The summed E-state index contributed by atoms with van der Waals surface area (Å²) in [5, 5.41) is 3.66. The van der Waals surface area contributed by atoms with Gasteiger partial charge in [0.05, 0.1) is 12.9 Å². The van der Waals surface area contributed by atoms with Gasteiger partial charge in [0.15, 0.2) is 0 Å². The lowest BCUT2D eigenvalue weighted by Gasteiger charge is -2.20. The highest BCUT2D eigenvalue weighted by atomic mass is 32.2. The molecule has 0 saturated carbocycles. The summed E-state index contributed by atoms with van der Waals surface area (Å²) < 4.78 is 4.57. The lowest BCUT2D eigenvalue weighted by molar-refractivity contribution is -0.137. The Morgan fingerprint density at radius 2 is 2.23 bits per heavy atom. The van der Waals surface area contributed by atoms with Gasteiger partial charge in [0.1, 0.15) is 0 Å². The van der Waals surface area contributed by atoms with E-state index < -0.39 is 0 Å². The highest BCUT2D eigenvalue weighted by molar-refractivity contribution is 8.00. The monoisotopic (exact) mass is 205 g/mol. The average Bonchev–Trinajstić information content (AvgIpc) is 2.16. The molecule has 2 unspecified atom stereocenters. The Balaban J connectivity index is 3.71. The number of rotatable bonds is 6. The van der Waals surface area contributed by atoms with Crippen molar-refractivity contribution in [2.24, 2.45) is 0 Å². The maximum Gasteiger partial charge on any atom is 0.315 e. The van der Waals surface area contributed by atoms with Gasteiger partial charge in [-0.25, -0.2) is 0 Å². The molecule has 78 valence electrons. The maximum absolute atomic E-state index is 10.9. The van der Waals surface area contributed by atoms with E-state index in [0.29, 0.717) is 17.0 Å². The Kier molecular flexibility index (Phi) is 7.09. The molecule has 0 aromatic heterocycles. The van der Waals surface area contributed by atoms with Crippen LogP contribution in [0, 0.1) is 0 Å². The van der Waals surface area contributed by atoms with Crippen LogP contribution in [0.5, 0.6) is 0 Å². The average molecular weight is 205 g/mol. The minimum atomic E-state index is -0.150. The van der Waals surface area contributed by atoms with E-state index in [-0.39, 0.29) is 5.97 Å². The van der Waals surface area contributed by atoms with Crippen molar-refractivity contribution in [3.8, 4) is 0 Å². The molecule has 4 heteroatoms. The van der Waals surface area contributed by atoms with E-state index in [1.165, 1.54) is 7.11 Å². The maximum atomic E-state index is 10.9. The molecule has 0 spiro atoms. The number of ether oxygens (including phenoxy) is 1. The molecule has 3 nitrogen and oxygen atoms in total. The van der Waals surface area contributed by atoms with E-state index in [2.05, 4.69) is 23.9 Å². The first-order valence-corrected chi connectivity index (χ1v) is 5.56. The molecule has 0 fully saturated rings. The number of thioether (sulfide) groups is 1. The van der Waals surface area contributed by atoms with Crippen LogP contribution in [0.1, 0.15) is 20.3 Å². The Morgan fingerprint density at radius 3 is 2.62 bits per heavy atom. The van der Waals surface area contributed by atoms with Crippen LogP contribution in [0.15, 0.2) is 0 Å². The smallest absolute Gasteiger partial charge is 0.315 e. The van der Waals surface area contributed by atoms with Crippen LogP contribution in [0.25, 0.3) is 0 Å². The fourth-order valence-electron chi connectivity index (χ4n) is 1.15. The van der Waals surface area contributed by atoms with Gasteiger partial charge in [0.2, 0.25) is 0 Å². The molecular formula is C9H19NO2S. The second-order valence-corrected chi connectivity index (χ2v) is 4.26. The van der Waals surface area contributed by atoms with Gasteiger partial charge in [-0.3, -0.25) is 4.79 Å². The van der Waals surface area contributed by atoms with Crippen molar-refractivity contribution in [1.82, 2.24) is 5.32 Å². The van der Waals surface area contributed by atoms with Crippen molar-refractivity contribution in [1.29, 1.82) is 0 Å². The second kappa shape index (κ2) is 7.21. The zero-order valence-electron chi connectivity index (χ0n) is 8.79. The van der Waals surface area contributed by atoms with E-state index >= 15 is 0 Å². The molecule has 0 aromatic rings. The number of carbonyl (C=O) groups is 1. The molecule has 0 aromatic carbocycles. The molecule has 0 saturated heterocycles. The van der Waals surface area contributed by atoms with Gasteiger partial charge in [-0.1, -0.05) is 13.8 Å². The second-order valence-electron chi connectivity index (χ2n) is 2.90. The standard InChI is InChI=1S/C9H19NO2S/c1-5-8(10-3)7(2)13-6-9(11)12-4/h7-8,10H,5-6H2,1-4H3. The van der Waals surface area contributed by atoms with Gasteiger partial charge in [0.25, 0.3) is 0 Å². The topological polar surface area (TPSA) is 38.3 Å². The minimum Gasteiger partial charge on any atom is -0.468 e. The quantitative estimate of drug-likeness (QED) is 0.663. The van der Waals surface area contributed by atoms with Crippen molar-refractivity contribution in [3.05, 3.63) is 0 Å². The van der Waals surface area contributed by atoms with Crippen LogP contribution in [0.2, 0.25) is 0 Å². The Labute approximate surface area is 84.6 Å². The van der Waals surface area contributed by atoms with Crippen molar-refractivity contribution in [2.75, 3.05) is 19.9 Å². The predicted molar refractivity (Wildman–Crippen MR) is 57.1 cm³/mol. The number of nitrogens with one attached hydrogen (secondary N) is 1. The number of esters is 1. The summed E-state index contributed by atoms with van der Waals surface area (Å²) >= 11 is 1.63. The fourth-order valence-corrected chi connectivity index (χ4v) is 2.22. The van der Waals surface area contributed by atoms with Crippen molar-refractivity contribution in [2.45, 2.75) is 31.6 Å². The molecular weight excluding hydrogens is 186 g/mol. The lowest BCUT2D eigenvalue weighted by atomic mass is 10.2. The van der Waals surface area contributed by atoms with Crippen molar-refractivity contribution < 1.29 is 9.53 Å². The van der Waals surface area contributed by atoms with Gasteiger partial charge in [-0.15, -0.1) is 11.8 Å². The molecule has 2 atom stereocenters. The van der Waals surface area contributed by atoms with Gasteiger partial charge in [-0.2, -0.15) is 0 Å². The highest BCUT2D eigenvalue weighted by Gasteiger charge is 2.14. The van der Waals surface area contributed by atoms with Gasteiger partial charge < -0.3 is 10.1 Å². The molecule has 0 heterocycles. The van der Waals surface area contributed by atoms with Crippen LogP contribution >= 0.6 is 11.8 Å². The third-order valence-electron chi connectivity index (χ3n) is 2.07. The summed E-state index contributed by atoms with van der Waals surface area (Å²) in [6, 6.07) is 0.467. The normalized spacial score (nSPS) is 15.1. The zero-order chi connectivity index (χ0) is 10.3. The molecule has 0 radical (unpaired) electrons. The number of methoxy groups -OCH3 is 1. The zero-order valence-corrected chi connectivity index (χ0v) is 9.61. The third-order valence-corrected chi connectivity index (χ3v) is 3.33. The molecule has 13 heavy (non-hydrogen) atoms. The van der Waals surface area contributed by atoms with Gasteiger partial charge >= 0.3 is 5.97 Å². The summed E-state index contributed by atoms with van der Waals surface area (Å²) in [4.78, 5) is 10.9. The Hall–Kier alpha value is -0.220. The first-order valence-electron chi connectivity index (χ1n) is 4.51. The van der Waals surface area contributed by atoms with Crippen LogP contribution in [0.4, 0.5) is 0 Å². The minimum absolute atomic E-state index is 0.150. The molecule has 0 aliphatic carbocycles. The van der Waals surface area contributed by atoms with Crippen LogP contribution in [-0.2, 0) is 9.53 Å². The molecule has 0 rings (SSSR count). The van der Waals surface area contributed by atoms with Crippen LogP contribution in [-0.4, -0.2) is 37.2 Å². The molecule has 1 N–H and O–H groups in total. The predicted octanol–water partition coefficient (Wildman–Crippen LogP) is 1.28. The summed E-state index contributed by atoms with van der Waals surface area (Å²) in [5.74, 6) is 0.290. The Morgan fingerprint density at radius 1 is 1.62 bits per heavy atom. The molecule has 0 bridgehead atoms. The van der Waals surface area contributed by atoms with E-state index in [1.54, 1.807) is 11.8 Å². The number of hydrogen-bond acceptors (Lipinski definition) is 4. The third kappa shape index (κ3) is 5.16. The largest absolute Gasteiger partial charge is 0.468 e. The van der Waals surface area contributed by atoms with Gasteiger partial charge in [-0.05, 0) is 13.5 Å². The Bertz CT molecular complexity index is 149. The summed E-state index contributed by atoms with van der Waals surface area (Å²) in [7, 11) is 3.37. The SMILES string of the molecule is CCC(NC)C(C)SCC(=O)OC. The van der Waals surface area contributed by atoms with Crippen LogP contribution < -0.4 is 5.32 Å². The van der Waals surface area contributed by atoms with E-state index in [0.717, 1.165) is 6.42 Å². The van der Waals surface area contributed by atoms with Crippen molar-refractivity contribution in [3.63, 3.8) is 0 Å². The first kappa shape index (κ1) is 12.8. The highest BCUT2D eigenvalue weighted by Crippen LogP contribution is 2.16. The van der Waals surface area contributed by atoms with Crippen molar-refractivity contribution >= 4 is 17.7 Å². The van der Waals surface area contributed by atoms with E-state index in [4.69, 9.17) is 0 Å². The number of carbonyl (C=O) groups excluding carboxylic acids is 1. The van der Waals surface area contributed by atoms with Crippen LogP contribution in [0.3, 0.4) is 0 Å². The molecule has 0 amide bonds. The van der Waals surface area contributed by atoms with E-state index in [9.17, 15) is 4.79 Å². The molecule has 0 aliphatic rings. The van der Waals surface area contributed by atoms with Gasteiger partial charge in [0, 0.05) is 11.3 Å².